The summed E-state index contributed by atoms with van der Waals surface area (Å²) in [5.41, 5.74) is 0. The summed E-state index contributed by atoms with van der Waals surface area (Å²) in [6.07, 6.45) is 11.5. The van der Waals surface area contributed by atoms with Crippen molar-refractivity contribution in [2.75, 3.05) is 0 Å². The highest BCUT2D eigenvalue weighted by Gasteiger charge is 2.28. The van der Waals surface area contributed by atoms with Crippen molar-refractivity contribution in [3.05, 3.63) is 23.4 Å². The summed E-state index contributed by atoms with van der Waals surface area (Å²) >= 11 is 0. The van der Waals surface area contributed by atoms with Gasteiger partial charge in [-0.1, -0.05) is 25.7 Å². The van der Waals surface area contributed by atoms with Crippen LogP contribution in [0.15, 0.2) is 23.4 Å². The fourth-order valence-electron chi connectivity index (χ4n) is 1.91. The predicted octanol–water partition coefficient (Wildman–Crippen LogP) is 3.80. The second kappa shape index (κ2) is 4.54. The first kappa shape index (κ1) is 9.63. The SMILES string of the molecule is O/C1=C2\OC2=CCCCCCCCC1. The fourth-order valence-corrected chi connectivity index (χ4v) is 1.91. The molecule has 0 bridgehead atoms. The van der Waals surface area contributed by atoms with Gasteiger partial charge in [-0.25, -0.2) is 0 Å². The molecular weight excluding hydrogens is 176 g/mol. The fraction of sp³-hybridized carbons (Fsp3) is 0.667. The minimum absolute atomic E-state index is 0.455. The van der Waals surface area contributed by atoms with E-state index in [2.05, 4.69) is 6.08 Å². The Kier molecular flexibility index (Phi) is 3.12. The number of allylic oxidation sites excluding steroid dienone is 2. The molecule has 0 unspecified atom stereocenters. The van der Waals surface area contributed by atoms with Crippen LogP contribution in [0.2, 0.25) is 0 Å². The summed E-state index contributed by atoms with van der Waals surface area (Å²) in [6, 6.07) is 0. The second-order valence-electron chi connectivity index (χ2n) is 4.11. The molecule has 0 saturated carbocycles. The van der Waals surface area contributed by atoms with Gasteiger partial charge in [0.25, 0.3) is 0 Å². The maximum Gasteiger partial charge on any atom is 0.207 e. The minimum Gasteiger partial charge on any atom is -0.508 e. The highest BCUT2D eigenvalue weighted by atomic mass is 16.6. The molecule has 14 heavy (non-hydrogen) atoms. The topological polar surface area (TPSA) is 32.8 Å². The van der Waals surface area contributed by atoms with E-state index in [4.69, 9.17) is 4.74 Å². The molecule has 0 atom stereocenters. The number of rotatable bonds is 0. The summed E-state index contributed by atoms with van der Waals surface area (Å²) in [4.78, 5) is 0. The maximum atomic E-state index is 9.62. The number of epoxide rings is 1. The van der Waals surface area contributed by atoms with Crippen molar-refractivity contribution in [1.82, 2.24) is 0 Å². The lowest BCUT2D eigenvalue weighted by Crippen LogP contribution is -1.85. The van der Waals surface area contributed by atoms with Crippen LogP contribution in [0.25, 0.3) is 0 Å². The van der Waals surface area contributed by atoms with Crippen LogP contribution in [0.4, 0.5) is 0 Å². The molecule has 2 heteroatoms. The highest BCUT2D eigenvalue weighted by molar-refractivity contribution is 5.36. The molecule has 2 rings (SSSR count). The minimum atomic E-state index is 0.455. The van der Waals surface area contributed by atoms with E-state index >= 15 is 0 Å². The highest BCUT2D eigenvalue weighted by Crippen LogP contribution is 2.36. The van der Waals surface area contributed by atoms with Crippen LogP contribution >= 0.6 is 0 Å². The smallest absolute Gasteiger partial charge is 0.207 e. The molecule has 0 spiro atoms. The molecule has 0 aromatic rings. The lowest BCUT2D eigenvalue weighted by Gasteiger charge is -2.00. The number of hydrogen-bond acceptors (Lipinski definition) is 2. The molecule has 2 aliphatic rings. The van der Waals surface area contributed by atoms with Gasteiger partial charge in [0.15, 0.2) is 5.76 Å². The zero-order chi connectivity index (χ0) is 9.80. The summed E-state index contributed by atoms with van der Waals surface area (Å²) in [5, 5.41) is 9.62. The van der Waals surface area contributed by atoms with Crippen LogP contribution in [0.1, 0.15) is 51.4 Å². The van der Waals surface area contributed by atoms with Gasteiger partial charge in [0.1, 0.15) is 5.76 Å². The average Bonchev–Trinajstić information content (AvgIpc) is 2.92. The third-order valence-corrected chi connectivity index (χ3v) is 2.85. The Balaban J connectivity index is 1.95. The number of aliphatic hydroxyl groups excluding tert-OH is 1. The number of aliphatic hydroxyl groups is 1. The number of fused-ring (bicyclic) bond motifs is 1. The lowest BCUT2D eigenvalue weighted by atomic mass is 10.1. The monoisotopic (exact) mass is 194 g/mol. The molecule has 78 valence electrons. The van der Waals surface area contributed by atoms with Gasteiger partial charge in [0, 0.05) is 6.42 Å². The van der Waals surface area contributed by atoms with Gasteiger partial charge in [0.2, 0.25) is 5.76 Å². The van der Waals surface area contributed by atoms with Gasteiger partial charge in [-0.2, -0.15) is 0 Å². The van der Waals surface area contributed by atoms with Crippen molar-refractivity contribution in [2.45, 2.75) is 51.4 Å². The molecule has 1 aliphatic heterocycles. The van der Waals surface area contributed by atoms with Crippen molar-refractivity contribution in [1.29, 1.82) is 0 Å². The van der Waals surface area contributed by atoms with Crippen molar-refractivity contribution >= 4 is 0 Å². The van der Waals surface area contributed by atoms with E-state index in [9.17, 15) is 5.11 Å². The summed E-state index contributed by atoms with van der Waals surface area (Å²) in [5.74, 6) is 2.13. The zero-order valence-electron chi connectivity index (χ0n) is 8.59. The largest absolute Gasteiger partial charge is 0.508 e. The third kappa shape index (κ3) is 2.53. The van der Waals surface area contributed by atoms with E-state index in [1.54, 1.807) is 0 Å². The molecule has 1 saturated heterocycles. The quantitative estimate of drug-likeness (QED) is 0.595. The number of ether oxygens (including phenoxy) is 1. The molecule has 0 amide bonds. The third-order valence-electron chi connectivity index (χ3n) is 2.85. The first-order valence-corrected chi connectivity index (χ1v) is 5.68. The normalized spacial score (nSPS) is 29.0. The van der Waals surface area contributed by atoms with E-state index in [0.717, 1.165) is 30.8 Å². The standard InChI is InChI=1S/C12H18O2/c13-10-8-6-4-2-1-3-5-7-9-11-12(10)14-11/h9,13H,1-8H2/b11-9?,12-10-. The second-order valence-corrected chi connectivity index (χ2v) is 4.11. The molecular formula is C12H18O2. The Hall–Kier alpha value is -0.920. The molecule has 1 aliphatic carbocycles. The first-order valence-electron chi connectivity index (χ1n) is 5.68. The Morgan fingerprint density at radius 1 is 1.00 bits per heavy atom. The molecule has 1 fully saturated rings. The predicted molar refractivity (Wildman–Crippen MR) is 55.8 cm³/mol. The van der Waals surface area contributed by atoms with Crippen molar-refractivity contribution < 1.29 is 9.84 Å². The van der Waals surface area contributed by atoms with Crippen LogP contribution in [0, 0.1) is 0 Å². The van der Waals surface area contributed by atoms with Crippen molar-refractivity contribution in [3.63, 3.8) is 0 Å². The first-order chi connectivity index (χ1) is 6.88. The van der Waals surface area contributed by atoms with Gasteiger partial charge < -0.3 is 9.84 Å². The molecule has 2 nitrogen and oxygen atoms in total. The van der Waals surface area contributed by atoms with Gasteiger partial charge in [0.05, 0.1) is 0 Å². The van der Waals surface area contributed by atoms with Crippen LogP contribution in [0.5, 0.6) is 0 Å². The molecule has 0 aromatic heterocycles. The molecule has 1 N–H and O–H groups in total. The summed E-state index contributed by atoms with van der Waals surface area (Å²) in [6.45, 7) is 0. The molecule has 0 aromatic carbocycles. The van der Waals surface area contributed by atoms with Gasteiger partial charge in [-0.05, 0) is 25.3 Å². The molecule has 1 heterocycles. The van der Waals surface area contributed by atoms with Crippen molar-refractivity contribution in [3.8, 4) is 0 Å². The Labute approximate surface area is 85.3 Å². The van der Waals surface area contributed by atoms with E-state index in [1.165, 1.54) is 32.1 Å². The Bertz CT molecular complexity index is 263. The number of hydrogen-bond donors (Lipinski definition) is 1. The zero-order valence-corrected chi connectivity index (χ0v) is 8.59. The van der Waals surface area contributed by atoms with E-state index < -0.39 is 0 Å². The van der Waals surface area contributed by atoms with E-state index in [0.29, 0.717) is 5.76 Å². The van der Waals surface area contributed by atoms with E-state index in [1.807, 2.05) is 0 Å². The average molecular weight is 194 g/mol. The maximum absolute atomic E-state index is 9.62. The van der Waals surface area contributed by atoms with Crippen LogP contribution in [-0.2, 0) is 4.74 Å². The van der Waals surface area contributed by atoms with Crippen LogP contribution in [0.3, 0.4) is 0 Å². The van der Waals surface area contributed by atoms with Gasteiger partial charge in [-0.3, -0.25) is 0 Å². The van der Waals surface area contributed by atoms with Gasteiger partial charge in [-0.15, -0.1) is 0 Å². The van der Waals surface area contributed by atoms with Crippen LogP contribution < -0.4 is 0 Å². The summed E-state index contributed by atoms with van der Waals surface area (Å²) < 4.78 is 5.23. The Morgan fingerprint density at radius 2 is 1.71 bits per heavy atom. The van der Waals surface area contributed by atoms with Crippen LogP contribution in [-0.4, -0.2) is 5.11 Å². The van der Waals surface area contributed by atoms with Gasteiger partial charge >= 0.3 is 0 Å². The molecule has 0 radical (unpaired) electrons. The summed E-state index contributed by atoms with van der Waals surface area (Å²) in [7, 11) is 0. The van der Waals surface area contributed by atoms with E-state index in [-0.39, 0.29) is 0 Å². The van der Waals surface area contributed by atoms with Crippen molar-refractivity contribution in [2.24, 2.45) is 0 Å². The Morgan fingerprint density at radius 3 is 2.57 bits per heavy atom. The lowest BCUT2D eigenvalue weighted by molar-refractivity contribution is 0.362.